The van der Waals surface area contributed by atoms with Gasteiger partial charge in [0.25, 0.3) is 5.91 Å². The van der Waals surface area contributed by atoms with E-state index in [1.165, 1.54) is 28.4 Å². The number of aliphatic imine (C=N–C) groups is 1. The summed E-state index contributed by atoms with van der Waals surface area (Å²) in [4.78, 5) is 44.1. The smallest absolute Gasteiger partial charge is 0.352 e. The summed E-state index contributed by atoms with van der Waals surface area (Å²) >= 11 is 2.86. The van der Waals surface area contributed by atoms with Crippen molar-refractivity contribution in [3.63, 3.8) is 0 Å². The molecule has 6 N–H and O–H groups in total. The van der Waals surface area contributed by atoms with Crippen LogP contribution in [-0.2, 0) is 14.4 Å². The van der Waals surface area contributed by atoms with Crippen LogP contribution in [-0.4, -0.2) is 94.9 Å². The van der Waals surface area contributed by atoms with Gasteiger partial charge in [0, 0.05) is 23.6 Å². The first-order valence-corrected chi connectivity index (χ1v) is 15.0. The van der Waals surface area contributed by atoms with Crippen molar-refractivity contribution in [1.82, 2.24) is 10.2 Å². The fourth-order valence-electron chi connectivity index (χ4n) is 4.67. The van der Waals surface area contributed by atoms with Gasteiger partial charge in [-0.05, 0) is 34.6 Å². The standard InChI is InChI=1S/C28H34N6O4S2.2ClH/c1-34(2,14-6-12-31-28(29)30)13-5-9-20-16-40-26-23(25(36)33(26)24(20)27(37)38)32-22(35)17-39-21-11-10-18-7-3-4-8-19(18)15-21;;/h3-5,7-11,15,23,26H,6,12-14,16-17H2,1-2H3,(H5-,29,30,31,32,35,37,38);2*1H/b9-5+;;/t23-,26-;;/m1../s1. The number of aliphatic carboxylic acids is 1. The summed E-state index contributed by atoms with van der Waals surface area (Å²) in [5, 5.41) is 14.5. The van der Waals surface area contributed by atoms with Crippen LogP contribution in [0, 0.1) is 0 Å². The van der Waals surface area contributed by atoms with E-state index in [1.54, 1.807) is 6.08 Å². The van der Waals surface area contributed by atoms with E-state index in [0.29, 0.717) is 28.9 Å². The van der Waals surface area contributed by atoms with Crippen LogP contribution in [0.25, 0.3) is 10.8 Å². The fraction of sp³-hybridized carbons (Fsp3) is 0.357. The number of carbonyl (C=O) groups excluding carboxylic acids is 2. The van der Waals surface area contributed by atoms with Gasteiger partial charge in [0.05, 0.1) is 32.9 Å². The first-order valence-electron chi connectivity index (χ1n) is 12.9. The van der Waals surface area contributed by atoms with E-state index in [0.717, 1.165) is 28.6 Å². The van der Waals surface area contributed by atoms with Gasteiger partial charge in [0.15, 0.2) is 5.96 Å². The molecule has 0 aromatic heterocycles. The van der Waals surface area contributed by atoms with Gasteiger partial charge in [-0.15, -0.1) is 35.9 Å². The molecule has 228 valence electrons. The molecule has 0 radical (unpaired) electrons. The number of hydrogen-bond acceptors (Lipinski definition) is 6. The number of quaternary nitrogens is 1. The average Bonchev–Trinajstić information content (AvgIpc) is 2.92. The summed E-state index contributed by atoms with van der Waals surface area (Å²) in [7, 11) is 4.14. The van der Waals surface area contributed by atoms with Crippen LogP contribution in [0.3, 0.4) is 0 Å². The zero-order chi connectivity index (χ0) is 28.9. The third-order valence-corrected chi connectivity index (χ3v) is 9.04. The number of thioether (sulfide) groups is 2. The van der Waals surface area contributed by atoms with Crippen LogP contribution in [0.1, 0.15) is 6.42 Å². The number of β-lactam (4-membered cyclic amide) rings is 1. The van der Waals surface area contributed by atoms with Crippen LogP contribution >= 0.6 is 35.9 Å². The zero-order valence-electron chi connectivity index (χ0n) is 23.4. The molecule has 2 aliphatic heterocycles. The number of allylic oxidation sites excluding steroid dienone is 1. The highest BCUT2D eigenvalue weighted by Crippen LogP contribution is 2.40. The number of amides is 2. The Labute approximate surface area is 266 Å². The molecule has 2 aliphatic rings. The Morgan fingerprint density at radius 1 is 1.21 bits per heavy atom. The van der Waals surface area contributed by atoms with Crippen molar-refractivity contribution < 1.29 is 36.4 Å². The van der Waals surface area contributed by atoms with Gasteiger partial charge < -0.3 is 38.8 Å². The highest BCUT2D eigenvalue weighted by Gasteiger charge is 2.53. The predicted octanol–water partition coefficient (Wildman–Crippen LogP) is -0.608. The number of carboxylic acid groups (broad SMARTS) is 1. The topological polar surface area (TPSA) is 151 Å². The molecule has 14 heteroatoms. The number of nitrogens with zero attached hydrogens (tertiary/aromatic N) is 3. The fourth-order valence-corrected chi connectivity index (χ4v) is 6.74. The summed E-state index contributed by atoms with van der Waals surface area (Å²) in [6.07, 6.45) is 4.55. The molecule has 2 amide bonds. The maximum Gasteiger partial charge on any atom is 0.352 e. The number of carboxylic acids is 1. The van der Waals surface area contributed by atoms with Crippen LogP contribution < -0.4 is 29.2 Å². The van der Waals surface area contributed by atoms with Crippen molar-refractivity contribution >= 4 is 70.4 Å². The minimum Gasteiger partial charge on any atom is -1.00 e. The zero-order valence-corrected chi connectivity index (χ0v) is 26.6. The Hall–Kier alpha value is -2.90. The highest BCUT2D eigenvalue weighted by molar-refractivity contribution is 8.00. The van der Waals surface area contributed by atoms with Crippen molar-refractivity contribution in [2.45, 2.75) is 22.7 Å². The molecule has 4 rings (SSSR count). The largest absolute Gasteiger partial charge is 1.00 e. The maximum atomic E-state index is 13.0. The summed E-state index contributed by atoms with van der Waals surface area (Å²) in [6, 6.07) is 13.3. The SMILES string of the molecule is C[N+](C)(C/C=C/C1=C(C(=O)O)N2C(=O)[C@@H](NC(=O)CSc3ccc4ccccc4c3)[C@H]2SC1)CCCN=C(N)N.Cl.[Cl-]. The molecule has 2 aromatic carbocycles. The molecule has 0 bridgehead atoms. The van der Waals surface area contributed by atoms with Crippen molar-refractivity contribution in [2.24, 2.45) is 16.5 Å². The molecule has 10 nitrogen and oxygen atoms in total. The third-order valence-electron chi connectivity index (χ3n) is 6.74. The van der Waals surface area contributed by atoms with Crippen molar-refractivity contribution in [3.05, 3.63) is 65.9 Å². The second-order valence-corrected chi connectivity index (χ2v) is 12.5. The third kappa shape index (κ3) is 8.81. The molecule has 2 heterocycles. The Bertz CT molecular complexity index is 1400. The summed E-state index contributed by atoms with van der Waals surface area (Å²) in [5.74, 6) is -1.14. The van der Waals surface area contributed by atoms with Gasteiger partial charge in [-0.25, -0.2) is 4.79 Å². The molecule has 2 atom stereocenters. The molecule has 0 saturated carbocycles. The second-order valence-electron chi connectivity index (χ2n) is 10.3. The lowest BCUT2D eigenvalue weighted by molar-refractivity contribution is -0.884. The van der Waals surface area contributed by atoms with E-state index in [2.05, 4.69) is 24.4 Å². The summed E-state index contributed by atoms with van der Waals surface area (Å²) in [5.41, 5.74) is 11.3. The first kappa shape index (κ1) is 35.3. The number of guanidine groups is 1. The van der Waals surface area contributed by atoms with E-state index in [4.69, 9.17) is 11.5 Å². The van der Waals surface area contributed by atoms with E-state index in [-0.39, 0.29) is 48.1 Å². The Morgan fingerprint density at radius 2 is 1.93 bits per heavy atom. The van der Waals surface area contributed by atoms with Crippen LogP contribution in [0.4, 0.5) is 0 Å². The Morgan fingerprint density at radius 3 is 2.62 bits per heavy atom. The molecule has 0 unspecified atom stereocenters. The number of nitrogens with two attached hydrogens (primary N) is 2. The lowest BCUT2D eigenvalue weighted by atomic mass is 10.0. The van der Waals surface area contributed by atoms with Crippen LogP contribution in [0.15, 0.2) is 75.8 Å². The molecule has 0 aliphatic carbocycles. The lowest BCUT2D eigenvalue weighted by Gasteiger charge is -2.49. The Kier molecular flexibility index (Phi) is 13.1. The van der Waals surface area contributed by atoms with E-state index < -0.39 is 23.3 Å². The highest BCUT2D eigenvalue weighted by atomic mass is 35.5. The number of rotatable bonds is 12. The second kappa shape index (κ2) is 15.5. The number of hydrogen-bond donors (Lipinski definition) is 4. The predicted molar refractivity (Wildman–Crippen MR) is 168 cm³/mol. The number of benzene rings is 2. The van der Waals surface area contributed by atoms with E-state index >= 15 is 0 Å². The van der Waals surface area contributed by atoms with Crippen molar-refractivity contribution in [3.8, 4) is 0 Å². The number of halogens is 2. The Balaban J connectivity index is 0.00000308. The number of nitrogens with one attached hydrogen (secondary N) is 1. The summed E-state index contributed by atoms with van der Waals surface area (Å²) in [6.45, 7) is 2.07. The molecule has 2 aromatic rings. The minimum absolute atomic E-state index is 0. The number of carbonyl (C=O) groups is 3. The van der Waals surface area contributed by atoms with Gasteiger partial charge in [-0.1, -0.05) is 36.4 Å². The molecule has 1 saturated heterocycles. The monoisotopic (exact) mass is 654 g/mol. The lowest BCUT2D eigenvalue weighted by Crippen LogP contribution is -3.00. The molecule has 0 spiro atoms. The van der Waals surface area contributed by atoms with E-state index in [1.807, 2.05) is 48.5 Å². The van der Waals surface area contributed by atoms with E-state index in [9.17, 15) is 19.5 Å². The maximum absolute atomic E-state index is 13.0. The number of fused-ring (bicyclic) bond motifs is 2. The van der Waals surface area contributed by atoms with Gasteiger partial charge in [0.1, 0.15) is 17.1 Å². The molecular formula is C28H36Cl2N6O4S2. The first-order chi connectivity index (χ1) is 19.1. The van der Waals surface area contributed by atoms with Gasteiger partial charge in [-0.2, -0.15) is 0 Å². The molecule has 1 fully saturated rings. The molecular weight excluding hydrogens is 619 g/mol. The minimum atomic E-state index is -1.15. The average molecular weight is 656 g/mol. The summed E-state index contributed by atoms with van der Waals surface area (Å²) < 4.78 is 0.677. The number of likely N-dealkylation sites (N-methyl/N-ethyl adjacent to an activating group) is 1. The van der Waals surface area contributed by atoms with Crippen LogP contribution in [0.2, 0.25) is 0 Å². The van der Waals surface area contributed by atoms with Crippen molar-refractivity contribution in [1.29, 1.82) is 0 Å². The van der Waals surface area contributed by atoms with Crippen LogP contribution in [0.5, 0.6) is 0 Å². The van der Waals surface area contributed by atoms with Gasteiger partial charge in [-0.3, -0.25) is 19.5 Å². The van der Waals surface area contributed by atoms with Gasteiger partial charge in [0.2, 0.25) is 5.91 Å². The molecule has 42 heavy (non-hydrogen) atoms. The van der Waals surface area contributed by atoms with Gasteiger partial charge >= 0.3 is 5.97 Å². The quantitative estimate of drug-likeness (QED) is 0.0591. The normalized spacial score (nSPS) is 18.0. The van der Waals surface area contributed by atoms with Crippen molar-refractivity contribution in [2.75, 3.05) is 45.2 Å².